The fourth-order valence-corrected chi connectivity index (χ4v) is 1.09. The first-order valence-corrected chi connectivity index (χ1v) is 5.18. The lowest BCUT2D eigenvalue weighted by Gasteiger charge is -2.11. The molecule has 0 aliphatic rings. The Morgan fingerprint density at radius 1 is 1.50 bits per heavy atom. The van der Waals surface area contributed by atoms with Crippen molar-refractivity contribution in [2.45, 2.75) is 6.54 Å². The third-order valence-corrected chi connectivity index (χ3v) is 2.10. The van der Waals surface area contributed by atoms with E-state index in [1.807, 2.05) is 26.2 Å². The number of pyridine rings is 1. The molecule has 0 aliphatic heterocycles. The largest absolute Gasteiger partial charge is 0.369 e. The molecule has 0 bridgehead atoms. The van der Waals surface area contributed by atoms with Gasteiger partial charge in [0.1, 0.15) is 0 Å². The predicted molar refractivity (Wildman–Crippen MR) is 69.0 cm³/mol. The van der Waals surface area contributed by atoms with Crippen LogP contribution in [0.3, 0.4) is 0 Å². The van der Waals surface area contributed by atoms with E-state index in [0.717, 1.165) is 5.56 Å². The Labute approximate surface area is 100 Å². The smallest absolute Gasteiger partial charge is 0.198 e. The van der Waals surface area contributed by atoms with Gasteiger partial charge >= 0.3 is 0 Å². The number of guanidine groups is 1. The maximum Gasteiger partial charge on any atom is 0.198 e. The molecule has 5 nitrogen and oxygen atoms in total. The van der Waals surface area contributed by atoms with E-state index in [2.05, 4.69) is 15.3 Å². The fourth-order valence-electron chi connectivity index (χ4n) is 0.922. The molecule has 0 spiro atoms. The molecule has 1 heterocycles. The zero-order valence-corrected chi connectivity index (χ0v) is 10.2. The average molecular weight is 237 g/mol. The SMILES string of the molecule is CN(C)C(N)=NC(=S)NCc1ccncc1. The van der Waals surface area contributed by atoms with Crippen molar-refractivity contribution in [1.82, 2.24) is 15.2 Å². The van der Waals surface area contributed by atoms with E-state index < -0.39 is 0 Å². The molecule has 1 rings (SSSR count). The van der Waals surface area contributed by atoms with Gasteiger partial charge in [-0.2, -0.15) is 4.99 Å². The topological polar surface area (TPSA) is 66.5 Å². The number of thiocarbonyl (C=S) groups is 1. The molecule has 0 fully saturated rings. The summed E-state index contributed by atoms with van der Waals surface area (Å²) in [6.45, 7) is 0.617. The summed E-state index contributed by atoms with van der Waals surface area (Å²) < 4.78 is 0. The molecule has 0 atom stereocenters. The maximum atomic E-state index is 5.62. The molecule has 0 radical (unpaired) electrons. The van der Waals surface area contributed by atoms with Crippen LogP contribution in [0.15, 0.2) is 29.5 Å². The van der Waals surface area contributed by atoms with E-state index in [0.29, 0.717) is 17.6 Å². The quantitative estimate of drug-likeness (QED) is 0.441. The van der Waals surface area contributed by atoms with E-state index in [4.69, 9.17) is 18.0 Å². The molecule has 16 heavy (non-hydrogen) atoms. The Morgan fingerprint density at radius 3 is 2.69 bits per heavy atom. The lowest BCUT2D eigenvalue weighted by atomic mass is 10.3. The van der Waals surface area contributed by atoms with E-state index in [9.17, 15) is 0 Å². The van der Waals surface area contributed by atoms with E-state index in [1.165, 1.54) is 0 Å². The zero-order chi connectivity index (χ0) is 12.0. The molecular formula is C10H15N5S. The summed E-state index contributed by atoms with van der Waals surface area (Å²) in [5, 5.41) is 3.37. The van der Waals surface area contributed by atoms with Crippen LogP contribution in [-0.2, 0) is 6.54 Å². The van der Waals surface area contributed by atoms with Crippen molar-refractivity contribution in [3.63, 3.8) is 0 Å². The van der Waals surface area contributed by atoms with Crippen LogP contribution in [-0.4, -0.2) is 35.1 Å². The average Bonchev–Trinajstić information content (AvgIpc) is 2.27. The molecule has 1 aromatic heterocycles. The van der Waals surface area contributed by atoms with Crippen LogP contribution in [0.5, 0.6) is 0 Å². The highest BCUT2D eigenvalue weighted by molar-refractivity contribution is 7.80. The second-order valence-corrected chi connectivity index (χ2v) is 3.77. The van der Waals surface area contributed by atoms with Gasteiger partial charge in [-0.1, -0.05) is 0 Å². The summed E-state index contributed by atoms with van der Waals surface area (Å²) in [6, 6.07) is 3.82. The lowest BCUT2D eigenvalue weighted by molar-refractivity contribution is 0.615. The van der Waals surface area contributed by atoms with Crippen LogP contribution < -0.4 is 11.1 Å². The van der Waals surface area contributed by atoms with Crippen molar-refractivity contribution in [3.8, 4) is 0 Å². The minimum absolute atomic E-state index is 0.378. The molecule has 1 aromatic rings. The molecule has 6 heteroatoms. The highest BCUT2D eigenvalue weighted by Crippen LogP contribution is 1.95. The standard InChI is InChI=1S/C10H15N5S/c1-15(2)9(11)14-10(16)13-7-8-3-5-12-6-4-8/h3-6H,7H2,1-2H3,(H3,11,13,14,16). The third-order valence-electron chi connectivity index (χ3n) is 1.87. The van der Waals surface area contributed by atoms with Crippen LogP contribution in [0, 0.1) is 0 Å². The number of nitrogens with two attached hydrogens (primary N) is 1. The molecule has 0 amide bonds. The Balaban J connectivity index is 2.45. The van der Waals surface area contributed by atoms with Gasteiger partial charge in [0.25, 0.3) is 0 Å². The first-order chi connectivity index (χ1) is 7.59. The number of rotatable bonds is 2. The summed E-state index contributed by atoms with van der Waals surface area (Å²) in [7, 11) is 3.62. The van der Waals surface area contributed by atoms with Gasteiger partial charge in [-0.05, 0) is 29.9 Å². The van der Waals surface area contributed by atoms with Crippen LogP contribution in [0.2, 0.25) is 0 Å². The van der Waals surface area contributed by atoms with Gasteiger partial charge in [-0.15, -0.1) is 0 Å². The highest BCUT2D eigenvalue weighted by Gasteiger charge is 1.98. The van der Waals surface area contributed by atoms with Gasteiger partial charge in [0.15, 0.2) is 11.1 Å². The molecule has 0 saturated heterocycles. The second-order valence-electron chi connectivity index (χ2n) is 3.38. The monoisotopic (exact) mass is 237 g/mol. The van der Waals surface area contributed by atoms with Gasteiger partial charge in [-0.25, -0.2) is 0 Å². The van der Waals surface area contributed by atoms with Crippen LogP contribution in [0.25, 0.3) is 0 Å². The first-order valence-electron chi connectivity index (χ1n) is 4.78. The van der Waals surface area contributed by atoms with Gasteiger partial charge in [0, 0.05) is 33.0 Å². The van der Waals surface area contributed by atoms with Crippen molar-refractivity contribution >= 4 is 23.3 Å². The third kappa shape index (κ3) is 4.22. The summed E-state index contributed by atoms with van der Waals surface area (Å²) in [6.07, 6.45) is 3.47. The fraction of sp³-hybridized carbons (Fsp3) is 0.300. The predicted octanol–water partition coefficient (Wildman–Crippen LogP) is 0.332. The number of hydrogen-bond acceptors (Lipinski definition) is 2. The van der Waals surface area contributed by atoms with Gasteiger partial charge in [-0.3, -0.25) is 4.98 Å². The summed E-state index contributed by atoms with van der Waals surface area (Å²) in [5.74, 6) is 0.382. The van der Waals surface area contributed by atoms with Crippen molar-refractivity contribution in [2.75, 3.05) is 14.1 Å². The Kier molecular flexibility index (Phi) is 4.65. The van der Waals surface area contributed by atoms with Crippen molar-refractivity contribution in [2.24, 2.45) is 10.7 Å². The van der Waals surface area contributed by atoms with Crippen molar-refractivity contribution in [1.29, 1.82) is 0 Å². The van der Waals surface area contributed by atoms with Crippen LogP contribution in [0.4, 0.5) is 0 Å². The van der Waals surface area contributed by atoms with E-state index in [-0.39, 0.29) is 0 Å². The normalized spacial score (nSPS) is 11.0. The van der Waals surface area contributed by atoms with Gasteiger partial charge in [0.2, 0.25) is 0 Å². The maximum absolute atomic E-state index is 5.62. The lowest BCUT2D eigenvalue weighted by Crippen LogP contribution is -2.33. The van der Waals surface area contributed by atoms with E-state index in [1.54, 1.807) is 17.3 Å². The minimum Gasteiger partial charge on any atom is -0.369 e. The number of hydrogen-bond donors (Lipinski definition) is 2. The van der Waals surface area contributed by atoms with Crippen molar-refractivity contribution in [3.05, 3.63) is 30.1 Å². The minimum atomic E-state index is 0.378. The Bertz CT molecular complexity index is 374. The number of aromatic nitrogens is 1. The first kappa shape index (κ1) is 12.4. The molecule has 0 saturated carbocycles. The van der Waals surface area contributed by atoms with Gasteiger partial charge in [0.05, 0.1) is 0 Å². The molecule has 3 N–H and O–H groups in total. The molecule has 0 aliphatic carbocycles. The van der Waals surface area contributed by atoms with E-state index >= 15 is 0 Å². The molecule has 0 unspecified atom stereocenters. The zero-order valence-electron chi connectivity index (χ0n) is 9.34. The number of nitrogens with one attached hydrogen (secondary N) is 1. The second kappa shape index (κ2) is 6.02. The highest BCUT2D eigenvalue weighted by atomic mass is 32.1. The van der Waals surface area contributed by atoms with Crippen LogP contribution in [0.1, 0.15) is 5.56 Å². The molecule has 86 valence electrons. The van der Waals surface area contributed by atoms with Crippen molar-refractivity contribution < 1.29 is 0 Å². The Hall–Kier alpha value is -1.69. The summed E-state index contributed by atoms with van der Waals surface area (Å²) >= 11 is 5.03. The molecule has 0 aromatic carbocycles. The summed E-state index contributed by atoms with van der Waals surface area (Å²) in [5.41, 5.74) is 6.72. The van der Waals surface area contributed by atoms with Gasteiger partial charge < -0.3 is 16.0 Å². The summed E-state index contributed by atoms with van der Waals surface area (Å²) in [4.78, 5) is 9.64. The van der Waals surface area contributed by atoms with Crippen LogP contribution >= 0.6 is 12.2 Å². The number of aliphatic imine (C=N–C) groups is 1. The number of nitrogens with zero attached hydrogens (tertiary/aromatic N) is 3. The Morgan fingerprint density at radius 2 is 2.12 bits per heavy atom. The molecular weight excluding hydrogens is 222 g/mol.